The van der Waals surface area contributed by atoms with Gasteiger partial charge >= 0.3 is 0 Å². The normalized spacial score (nSPS) is 21.1. The van der Waals surface area contributed by atoms with E-state index in [0.717, 1.165) is 23.7 Å². The van der Waals surface area contributed by atoms with Crippen LogP contribution < -0.4 is 15.4 Å². The highest BCUT2D eigenvalue weighted by molar-refractivity contribution is 5.70. The van der Waals surface area contributed by atoms with Gasteiger partial charge in [-0.05, 0) is 31.9 Å². The molecule has 0 saturated carbocycles. The molecule has 2 N–H and O–H groups in total. The highest BCUT2D eigenvalue weighted by atomic mass is 16.5. The molecule has 1 atom stereocenters. The first-order valence-electron chi connectivity index (χ1n) is 6.42. The molecule has 1 fully saturated rings. The Morgan fingerprint density at radius 2 is 2.12 bits per heavy atom. The van der Waals surface area contributed by atoms with E-state index in [-0.39, 0.29) is 0 Å². The molecule has 3 nitrogen and oxygen atoms in total. The van der Waals surface area contributed by atoms with Gasteiger partial charge in [0.1, 0.15) is 5.75 Å². The number of benzene rings is 1. The number of hydrogen-bond acceptors (Lipinski definition) is 3. The minimum absolute atomic E-state index is 0.577. The number of anilines is 2. The zero-order valence-corrected chi connectivity index (χ0v) is 10.8. The largest absolute Gasteiger partial charge is 0.497 e. The van der Waals surface area contributed by atoms with E-state index in [1.807, 2.05) is 12.1 Å². The summed E-state index contributed by atoms with van der Waals surface area (Å²) in [5.74, 6) is 0.828. The summed E-state index contributed by atoms with van der Waals surface area (Å²) in [6.07, 6.45) is 5.17. The van der Waals surface area contributed by atoms with Crippen LogP contribution in [0.15, 0.2) is 18.2 Å². The topological polar surface area (TPSA) is 38.5 Å². The minimum atomic E-state index is 0.577. The third-order valence-corrected chi connectivity index (χ3v) is 3.60. The number of ether oxygens (including phenoxy) is 1. The molecule has 0 bridgehead atoms. The van der Waals surface area contributed by atoms with E-state index in [4.69, 9.17) is 10.5 Å². The van der Waals surface area contributed by atoms with Crippen molar-refractivity contribution >= 4 is 11.4 Å². The second-order valence-electron chi connectivity index (χ2n) is 4.82. The third-order valence-electron chi connectivity index (χ3n) is 3.60. The van der Waals surface area contributed by atoms with Crippen molar-refractivity contribution in [1.29, 1.82) is 0 Å². The van der Waals surface area contributed by atoms with E-state index < -0.39 is 0 Å². The Bertz CT molecular complexity index is 378. The maximum absolute atomic E-state index is 6.12. The number of nitrogens with zero attached hydrogens (tertiary/aromatic N) is 1. The molecule has 0 aromatic heterocycles. The zero-order valence-electron chi connectivity index (χ0n) is 10.8. The first kappa shape index (κ1) is 12.1. The lowest BCUT2D eigenvalue weighted by atomic mass is 10.1. The van der Waals surface area contributed by atoms with Gasteiger partial charge in [0.15, 0.2) is 0 Å². The highest BCUT2D eigenvalue weighted by Crippen LogP contribution is 2.31. The van der Waals surface area contributed by atoms with Crippen LogP contribution in [0.3, 0.4) is 0 Å². The Labute approximate surface area is 104 Å². The molecule has 1 aromatic rings. The van der Waals surface area contributed by atoms with Crippen LogP contribution in [0.4, 0.5) is 11.4 Å². The molecule has 1 aromatic carbocycles. The Morgan fingerprint density at radius 1 is 1.29 bits per heavy atom. The van der Waals surface area contributed by atoms with Gasteiger partial charge in [-0.15, -0.1) is 0 Å². The lowest BCUT2D eigenvalue weighted by Gasteiger charge is -2.30. The fourth-order valence-corrected chi connectivity index (χ4v) is 2.55. The molecule has 2 rings (SSSR count). The van der Waals surface area contributed by atoms with E-state index in [2.05, 4.69) is 17.9 Å². The lowest BCUT2D eigenvalue weighted by Crippen LogP contribution is -2.32. The number of hydrogen-bond donors (Lipinski definition) is 1. The van der Waals surface area contributed by atoms with Crippen molar-refractivity contribution in [3.8, 4) is 5.75 Å². The second kappa shape index (κ2) is 5.30. The summed E-state index contributed by atoms with van der Waals surface area (Å²) in [6.45, 7) is 3.40. The van der Waals surface area contributed by atoms with Gasteiger partial charge in [-0.1, -0.05) is 12.8 Å². The minimum Gasteiger partial charge on any atom is -0.497 e. The molecule has 1 unspecified atom stereocenters. The average molecular weight is 234 g/mol. The Kier molecular flexibility index (Phi) is 3.77. The Balaban J connectivity index is 2.25. The summed E-state index contributed by atoms with van der Waals surface area (Å²) in [4.78, 5) is 2.43. The van der Waals surface area contributed by atoms with Crippen molar-refractivity contribution in [2.45, 2.75) is 38.6 Å². The molecular formula is C14H22N2O. The molecule has 1 heterocycles. The van der Waals surface area contributed by atoms with Crippen molar-refractivity contribution in [3.05, 3.63) is 18.2 Å². The van der Waals surface area contributed by atoms with Gasteiger partial charge in [0.05, 0.1) is 18.5 Å². The summed E-state index contributed by atoms with van der Waals surface area (Å²) in [7, 11) is 1.67. The predicted octanol–water partition coefficient (Wildman–Crippen LogP) is 3.05. The van der Waals surface area contributed by atoms with Gasteiger partial charge in [0.2, 0.25) is 0 Å². The van der Waals surface area contributed by atoms with Crippen LogP contribution in [0.1, 0.15) is 32.6 Å². The molecule has 1 aliphatic heterocycles. The summed E-state index contributed by atoms with van der Waals surface area (Å²) < 4.78 is 5.19. The number of nitrogen functional groups attached to an aromatic ring is 1. The van der Waals surface area contributed by atoms with Gasteiger partial charge in [0.25, 0.3) is 0 Å². The van der Waals surface area contributed by atoms with E-state index in [9.17, 15) is 0 Å². The Hall–Kier alpha value is -1.38. The molecular weight excluding hydrogens is 212 g/mol. The molecule has 0 spiro atoms. The van der Waals surface area contributed by atoms with Gasteiger partial charge in [-0.2, -0.15) is 0 Å². The van der Waals surface area contributed by atoms with Crippen molar-refractivity contribution in [1.82, 2.24) is 0 Å². The van der Waals surface area contributed by atoms with Crippen LogP contribution >= 0.6 is 0 Å². The van der Waals surface area contributed by atoms with E-state index in [0.29, 0.717) is 6.04 Å². The van der Waals surface area contributed by atoms with Crippen molar-refractivity contribution < 1.29 is 4.74 Å². The van der Waals surface area contributed by atoms with E-state index in [1.54, 1.807) is 7.11 Å². The van der Waals surface area contributed by atoms with Crippen molar-refractivity contribution in [2.24, 2.45) is 0 Å². The second-order valence-corrected chi connectivity index (χ2v) is 4.82. The Morgan fingerprint density at radius 3 is 2.82 bits per heavy atom. The van der Waals surface area contributed by atoms with Gasteiger partial charge in [-0.3, -0.25) is 0 Å². The molecule has 17 heavy (non-hydrogen) atoms. The number of methoxy groups -OCH3 is 1. The van der Waals surface area contributed by atoms with Crippen LogP contribution in [0.2, 0.25) is 0 Å². The molecule has 0 amide bonds. The molecule has 0 aliphatic carbocycles. The van der Waals surface area contributed by atoms with Crippen LogP contribution in [0, 0.1) is 0 Å². The standard InChI is InChI=1S/C14H22N2O/c1-11-6-4-3-5-9-16(11)14-8-7-12(17-2)10-13(14)15/h7-8,10-11H,3-6,9,15H2,1-2H3. The molecule has 3 heteroatoms. The van der Waals surface area contributed by atoms with Crippen LogP contribution in [-0.2, 0) is 0 Å². The number of rotatable bonds is 2. The van der Waals surface area contributed by atoms with Crippen LogP contribution in [0.5, 0.6) is 5.75 Å². The maximum atomic E-state index is 6.12. The smallest absolute Gasteiger partial charge is 0.121 e. The lowest BCUT2D eigenvalue weighted by molar-refractivity contribution is 0.415. The highest BCUT2D eigenvalue weighted by Gasteiger charge is 2.19. The average Bonchev–Trinajstić information content (AvgIpc) is 2.54. The fourth-order valence-electron chi connectivity index (χ4n) is 2.55. The monoisotopic (exact) mass is 234 g/mol. The fraction of sp³-hybridized carbons (Fsp3) is 0.571. The van der Waals surface area contributed by atoms with Gasteiger partial charge < -0.3 is 15.4 Å². The van der Waals surface area contributed by atoms with E-state index >= 15 is 0 Å². The van der Waals surface area contributed by atoms with Gasteiger partial charge in [0, 0.05) is 18.7 Å². The van der Waals surface area contributed by atoms with Crippen LogP contribution in [0.25, 0.3) is 0 Å². The van der Waals surface area contributed by atoms with Crippen LogP contribution in [-0.4, -0.2) is 19.7 Å². The summed E-state index contributed by atoms with van der Waals surface area (Å²) in [6, 6.07) is 6.56. The maximum Gasteiger partial charge on any atom is 0.121 e. The molecule has 0 radical (unpaired) electrons. The summed E-state index contributed by atoms with van der Waals surface area (Å²) in [5, 5.41) is 0. The zero-order chi connectivity index (χ0) is 12.3. The van der Waals surface area contributed by atoms with E-state index in [1.165, 1.54) is 25.7 Å². The van der Waals surface area contributed by atoms with Crippen molar-refractivity contribution in [2.75, 3.05) is 24.3 Å². The third kappa shape index (κ3) is 2.65. The quantitative estimate of drug-likeness (QED) is 0.799. The van der Waals surface area contributed by atoms with Crippen molar-refractivity contribution in [3.63, 3.8) is 0 Å². The SMILES string of the molecule is COc1ccc(N2CCCCCC2C)c(N)c1. The molecule has 1 saturated heterocycles. The summed E-state index contributed by atoms with van der Waals surface area (Å²) >= 11 is 0. The predicted molar refractivity (Wildman–Crippen MR) is 72.7 cm³/mol. The number of nitrogens with two attached hydrogens (primary N) is 1. The first-order chi connectivity index (χ1) is 8.22. The molecule has 1 aliphatic rings. The van der Waals surface area contributed by atoms with Gasteiger partial charge in [-0.25, -0.2) is 0 Å². The summed E-state index contributed by atoms with van der Waals surface area (Å²) in [5.41, 5.74) is 8.09. The first-order valence-corrected chi connectivity index (χ1v) is 6.42. The molecule has 94 valence electrons.